The van der Waals surface area contributed by atoms with Gasteiger partial charge in [0.1, 0.15) is 0 Å². The third kappa shape index (κ3) is 2.85. The summed E-state index contributed by atoms with van der Waals surface area (Å²) >= 11 is 3.72. The Balaban J connectivity index is 2.37. The summed E-state index contributed by atoms with van der Waals surface area (Å²) in [7, 11) is 0. The van der Waals surface area contributed by atoms with Crippen molar-refractivity contribution in [3.63, 3.8) is 0 Å². The van der Waals surface area contributed by atoms with Gasteiger partial charge in [-0.3, -0.25) is 0 Å². The first-order chi connectivity index (χ1) is 8.63. The molecule has 0 saturated heterocycles. The predicted octanol–water partition coefficient (Wildman–Crippen LogP) is 4.82. The van der Waals surface area contributed by atoms with E-state index in [1.54, 1.807) is 11.3 Å². The molecule has 0 fully saturated rings. The summed E-state index contributed by atoms with van der Waals surface area (Å²) in [5.74, 6) is 0. The highest BCUT2D eigenvalue weighted by molar-refractivity contribution is 7.12. The lowest BCUT2D eigenvalue weighted by Crippen LogP contribution is -2.23. The summed E-state index contributed by atoms with van der Waals surface area (Å²) in [5.41, 5.74) is 4.26. The fourth-order valence-corrected chi connectivity index (χ4v) is 4.25. The number of nitrogens with one attached hydrogen (secondary N) is 1. The molecule has 2 aromatic rings. The maximum absolute atomic E-state index is 3.70. The molecule has 0 aromatic carbocycles. The van der Waals surface area contributed by atoms with Crippen molar-refractivity contribution in [2.24, 2.45) is 0 Å². The minimum Gasteiger partial charge on any atom is -0.306 e. The van der Waals surface area contributed by atoms with Crippen LogP contribution in [-0.4, -0.2) is 6.54 Å². The molecule has 2 heterocycles. The monoisotopic (exact) mass is 279 g/mol. The number of hydrogen-bond acceptors (Lipinski definition) is 3. The second-order valence-electron chi connectivity index (χ2n) is 4.80. The molecular formula is C15H21NS2. The Morgan fingerprint density at radius 2 is 1.94 bits per heavy atom. The highest BCUT2D eigenvalue weighted by Gasteiger charge is 2.19. The Hall–Kier alpha value is -0.640. The number of thiophene rings is 2. The maximum atomic E-state index is 3.70. The van der Waals surface area contributed by atoms with E-state index >= 15 is 0 Å². The van der Waals surface area contributed by atoms with Gasteiger partial charge < -0.3 is 5.32 Å². The van der Waals surface area contributed by atoms with Gasteiger partial charge >= 0.3 is 0 Å². The second kappa shape index (κ2) is 6.00. The minimum absolute atomic E-state index is 0.370. The Kier molecular flexibility index (Phi) is 4.60. The van der Waals surface area contributed by atoms with Crippen LogP contribution >= 0.6 is 22.7 Å². The fraction of sp³-hybridized carbons (Fsp3) is 0.467. The third-order valence-electron chi connectivity index (χ3n) is 3.15. The molecule has 0 aliphatic heterocycles. The third-order valence-corrected chi connectivity index (χ3v) is 5.24. The van der Waals surface area contributed by atoms with Crippen LogP contribution in [0.3, 0.4) is 0 Å². The molecule has 2 aromatic heterocycles. The molecule has 0 amide bonds. The van der Waals surface area contributed by atoms with E-state index in [4.69, 9.17) is 0 Å². The molecule has 0 aliphatic carbocycles. The zero-order chi connectivity index (χ0) is 13.1. The lowest BCUT2D eigenvalue weighted by Gasteiger charge is -2.18. The standard InChI is InChI=1S/C15H21NS2/c1-5-6-16-14(13-9-17-8-11(13)3)15-10(2)7-12(4)18-15/h7-9,14,16H,5-6H2,1-4H3. The van der Waals surface area contributed by atoms with Gasteiger partial charge in [0.25, 0.3) is 0 Å². The van der Waals surface area contributed by atoms with E-state index in [9.17, 15) is 0 Å². The van der Waals surface area contributed by atoms with E-state index in [-0.39, 0.29) is 0 Å². The summed E-state index contributed by atoms with van der Waals surface area (Å²) in [5, 5.41) is 8.23. The fourth-order valence-electron chi connectivity index (χ4n) is 2.24. The van der Waals surface area contributed by atoms with E-state index in [0.29, 0.717) is 6.04 Å². The summed E-state index contributed by atoms with van der Waals surface area (Å²) in [4.78, 5) is 2.88. The molecule has 0 aliphatic rings. The summed E-state index contributed by atoms with van der Waals surface area (Å²) in [6.07, 6.45) is 1.17. The Morgan fingerprint density at radius 3 is 2.44 bits per heavy atom. The van der Waals surface area contributed by atoms with Gasteiger partial charge in [0.2, 0.25) is 0 Å². The molecule has 0 spiro atoms. The largest absolute Gasteiger partial charge is 0.306 e. The smallest absolute Gasteiger partial charge is 0.0684 e. The Labute approximate surface area is 118 Å². The molecule has 2 rings (SSSR count). The van der Waals surface area contributed by atoms with Gasteiger partial charge in [-0.05, 0) is 67.3 Å². The molecular weight excluding hydrogens is 258 g/mol. The van der Waals surface area contributed by atoms with Crippen molar-refractivity contribution < 1.29 is 0 Å². The van der Waals surface area contributed by atoms with E-state index in [0.717, 1.165) is 6.54 Å². The summed E-state index contributed by atoms with van der Waals surface area (Å²) in [6.45, 7) is 9.91. The van der Waals surface area contributed by atoms with Crippen molar-refractivity contribution in [2.45, 2.75) is 40.2 Å². The molecule has 3 heteroatoms. The van der Waals surface area contributed by atoms with Gasteiger partial charge in [-0.25, -0.2) is 0 Å². The van der Waals surface area contributed by atoms with Crippen molar-refractivity contribution in [1.29, 1.82) is 0 Å². The quantitative estimate of drug-likeness (QED) is 0.827. The van der Waals surface area contributed by atoms with Crippen LogP contribution in [0, 0.1) is 20.8 Å². The molecule has 1 N–H and O–H groups in total. The van der Waals surface area contributed by atoms with Gasteiger partial charge in [0, 0.05) is 9.75 Å². The van der Waals surface area contributed by atoms with Crippen molar-refractivity contribution in [1.82, 2.24) is 5.32 Å². The predicted molar refractivity (Wildman–Crippen MR) is 83.0 cm³/mol. The lowest BCUT2D eigenvalue weighted by molar-refractivity contribution is 0.603. The number of hydrogen-bond donors (Lipinski definition) is 1. The summed E-state index contributed by atoms with van der Waals surface area (Å²) in [6, 6.07) is 2.66. The molecule has 1 unspecified atom stereocenters. The van der Waals surface area contributed by atoms with Crippen LogP contribution in [0.4, 0.5) is 0 Å². The van der Waals surface area contributed by atoms with Crippen molar-refractivity contribution >= 4 is 22.7 Å². The van der Waals surface area contributed by atoms with Gasteiger partial charge in [-0.15, -0.1) is 11.3 Å². The van der Waals surface area contributed by atoms with Gasteiger partial charge in [-0.1, -0.05) is 6.92 Å². The van der Waals surface area contributed by atoms with Gasteiger partial charge in [0.15, 0.2) is 0 Å². The van der Waals surface area contributed by atoms with Crippen LogP contribution in [0.25, 0.3) is 0 Å². The lowest BCUT2D eigenvalue weighted by atomic mass is 10.0. The van der Waals surface area contributed by atoms with Crippen molar-refractivity contribution in [3.8, 4) is 0 Å². The van der Waals surface area contributed by atoms with Crippen LogP contribution in [-0.2, 0) is 0 Å². The van der Waals surface area contributed by atoms with Crippen molar-refractivity contribution in [2.75, 3.05) is 6.54 Å². The molecule has 0 bridgehead atoms. The van der Waals surface area contributed by atoms with Crippen LogP contribution < -0.4 is 5.32 Å². The highest BCUT2D eigenvalue weighted by Crippen LogP contribution is 2.34. The first-order valence-electron chi connectivity index (χ1n) is 6.46. The molecule has 0 saturated carbocycles. The average Bonchev–Trinajstić information content (AvgIpc) is 2.87. The Bertz CT molecular complexity index is 510. The number of aryl methyl sites for hydroxylation is 3. The van der Waals surface area contributed by atoms with E-state index in [2.05, 4.69) is 49.8 Å². The topological polar surface area (TPSA) is 12.0 Å². The van der Waals surface area contributed by atoms with Crippen molar-refractivity contribution in [3.05, 3.63) is 43.3 Å². The van der Waals surface area contributed by atoms with Gasteiger partial charge in [0.05, 0.1) is 6.04 Å². The van der Waals surface area contributed by atoms with Crippen LogP contribution in [0.15, 0.2) is 16.8 Å². The highest BCUT2D eigenvalue weighted by atomic mass is 32.1. The minimum atomic E-state index is 0.370. The molecule has 98 valence electrons. The van der Waals surface area contributed by atoms with Crippen LogP contribution in [0.2, 0.25) is 0 Å². The molecule has 1 atom stereocenters. The average molecular weight is 279 g/mol. The number of rotatable bonds is 5. The first-order valence-corrected chi connectivity index (χ1v) is 8.22. The normalized spacial score (nSPS) is 12.9. The molecule has 1 nitrogen and oxygen atoms in total. The van der Waals surface area contributed by atoms with E-state index in [1.807, 2.05) is 11.3 Å². The first kappa shape index (κ1) is 13.8. The van der Waals surface area contributed by atoms with Crippen LogP contribution in [0.1, 0.15) is 45.8 Å². The zero-order valence-corrected chi connectivity index (χ0v) is 13.2. The second-order valence-corrected chi connectivity index (χ2v) is 6.83. The summed E-state index contributed by atoms with van der Waals surface area (Å²) < 4.78 is 0. The molecule has 0 radical (unpaired) electrons. The van der Waals surface area contributed by atoms with E-state index in [1.165, 1.54) is 32.9 Å². The SMILES string of the molecule is CCCNC(c1cscc1C)c1sc(C)cc1C. The molecule has 18 heavy (non-hydrogen) atoms. The van der Waals surface area contributed by atoms with E-state index < -0.39 is 0 Å². The Morgan fingerprint density at radius 1 is 1.17 bits per heavy atom. The van der Waals surface area contributed by atoms with Gasteiger partial charge in [-0.2, -0.15) is 11.3 Å². The van der Waals surface area contributed by atoms with Crippen LogP contribution in [0.5, 0.6) is 0 Å². The zero-order valence-electron chi connectivity index (χ0n) is 11.5. The maximum Gasteiger partial charge on any atom is 0.0684 e.